The molecule has 1 aliphatic heterocycles. The topological polar surface area (TPSA) is 82.3 Å². The molecule has 1 atom stereocenters. The molecule has 1 saturated heterocycles. The number of aromatic nitrogens is 1. The molecule has 0 aliphatic carbocycles. The van der Waals surface area contributed by atoms with Crippen LogP contribution >= 0.6 is 0 Å². The number of nitrogens with zero attached hydrogens (tertiary/aromatic N) is 1. The molecule has 2 aromatic carbocycles. The summed E-state index contributed by atoms with van der Waals surface area (Å²) in [5.74, 6) is -1.12. The van der Waals surface area contributed by atoms with Crippen LogP contribution in [0.15, 0.2) is 54.6 Å². The average Bonchev–Trinajstić information content (AvgIpc) is 3.15. The van der Waals surface area contributed by atoms with Crippen molar-refractivity contribution in [2.24, 2.45) is 0 Å². The fraction of sp³-hybridized carbons (Fsp3) is 0.346. The monoisotopic (exact) mass is 431 g/mol. The van der Waals surface area contributed by atoms with Gasteiger partial charge in [-0.2, -0.15) is 0 Å². The van der Waals surface area contributed by atoms with Crippen LogP contribution in [0.4, 0.5) is 0 Å². The van der Waals surface area contributed by atoms with Gasteiger partial charge in [-0.15, -0.1) is 0 Å². The number of Topliss-reactive ketones (excluding diaryl/α,β-unsaturated/α-hetero) is 1. The largest absolute Gasteiger partial charge is 0.358 e. The average molecular weight is 432 g/mol. The Morgan fingerprint density at radius 3 is 2.38 bits per heavy atom. The zero-order valence-electron chi connectivity index (χ0n) is 18.6. The Balaban J connectivity index is 1.36. The van der Waals surface area contributed by atoms with Crippen molar-refractivity contribution in [3.05, 3.63) is 71.4 Å². The van der Waals surface area contributed by atoms with Crippen LogP contribution in [0.2, 0.25) is 0 Å². The molecular formula is C26H29N3O3. The number of likely N-dealkylation sites (tertiary alicyclic amines) is 1. The Morgan fingerprint density at radius 2 is 1.69 bits per heavy atom. The summed E-state index contributed by atoms with van der Waals surface area (Å²) in [6.07, 6.45) is 2.03. The van der Waals surface area contributed by atoms with Gasteiger partial charge in [-0.25, -0.2) is 0 Å². The minimum Gasteiger partial charge on any atom is -0.358 e. The van der Waals surface area contributed by atoms with Gasteiger partial charge in [0.1, 0.15) is 0 Å². The molecule has 0 spiro atoms. The van der Waals surface area contributed by atoms with E-state index in [9.17, 15) is 14.4 Å². The second-order valence-corrected chi connectivity index (χ2v) is 8.44. The van der Waals surface area contributed by atoms with Gasteiger partial charge in [0.25, 0.3) is 11.7 Å². The number of amides is 2. The maximum atomic E-state index is 13.1. The number of rotatable bonds is 6. The summed E-state index contributed by atoms with van der Waals surface area (Å²) < 4.78 is 0. The van der Waals surface area contributed by atoms with Gasteiger partial charge in [0.15, 0.2) is 0 Å². The highest BCUT2D eigenvalue weighted by Crippen LogP contribution is 2.25. The minimum atomic E-state index is -0.585. The normalized spacial score (nSPS) is 15.5. The highest BCUT2D eigenvalue weighted by molar-refractivity contribution is 6.45. The summed E-state index contributed by atoms with van der Waals surface area (Å²) in [4.78, 5) is 43.7. The highest BCUT2D eigenvalue weighted by Gasteiger charge is 2.30. The van der Waals surface area contributed by atoms with Gasteiger partial charge >= 0.3 is 0 Å². The maximum Gasteiger partial charge on any atom is 0.292 e. The van der Waals surface area contributed by atoms with Crippen molar-refractivity contribution in [3.63, 3.8) is 0 Å². The number of carbonyl (C=O) groups is 3. The molecule has 6 nitrogen and oxygen atoms in total. The zero-order valence-corrected chi connectivity index (χ0v) is 18.6. The van der Waals surface area contributed by atoms with Gasteiger partial charge in [0.2, 0.25) is 5.91 Å². The van der Waals surface area contributed by atoms with E-state index < -0.39 is 11.7 Å². The molecule has 32 heavy (non-hydrogen) atoms. The molecule has 1 aromatic heterocycles. The van der Waals surface area contributed by atoms with Crippen LogP contribution in [-0.2, 0) is 9.59 Å². The Labute approximate surface area is 188 Å². The van der Waals surface area contributed by atoms with E-state index in [4.69, 9.17) is 0 Å². The van der Waals surface area contributed by atoms with Crippen LogP contribution in [-0.4, -0.2) is 46.6 Å². The van der Waals surface area contributed by atoms with Crippen LogP contribution in [0.3, 0.4) is 0 Å². The van der Waals surface area contributed by atoms with E-state index in [-0.39, 0.29) is 17.9 Å². The molecule has 2 amide bonds. The number of nitrogens with one attached hydrogen (secondary N) is 2. The Kier molecular flexibility index (Phi) is 6.40. The smallest absolute Gasteiger partial charge is 0.292 e. The predicted octanol–water partition coefficient (Wildman–Crippen LogP) is 3.96. The SMILES string of the molecule is CCC(C(=O)N1CCC(NC(=O)C(=O)c2c(C)[nH]c3ccccc23)CC1)c1ccccc1. The number of hydrogen-bond donors (Lipinski definition) is 2. The third-order valence-electron chi connectivity index (χ3n) is 6.38. The van der Waals surface area contributed by atoms with Gasteiger partial charge in [0, 0.05) is 35.7 Å². The van der Waals surface area contributed by atoms with Crippen molar-refractivity contribution in [2.75, 3.05) is 13.1 Å². The molecule has 1 unspecified atom stereocenters. The number of H-pyrrole nitrogens is 1. The van der Waals surface area contributed by atoms with Crippen LogP contribution in [0.1, 0.15) is 53.7 Å². The summed E-state index contributed by atoms with van der Waals surface area (Å²) in [6, 6.07) is 17.2. The molecule has 0 radical (unpaired) electrons. The molecule has 4 rings (SSSR count). The number of aryl methyl sites for hydroxylation is 1. The summed E-state index contributed by atoms with van der Waals surface area (Å²) in [5, 5.41) is 3.65. The maximum absolute atomic E-state index is 13.1. The van der Waals surface area contributed by atoms with E-state index in [1.165, 1.54) is 0 Å². The summed E-state index contributed by atoms with van der Waals surface area (Å²) in [5.41, 5.74) is 3.00. The van der Waals surface area contributed by atoms with Gasteiger partial charge in [-0.1, -0.05) is 55.5 Å². The van der Waals surface area contributed by atoms with Crippen molar-refractivity contribution >= 4 is 28.5 Å². The number of benzene rings is 2. The minimum absolute atomic E-state index is 0.113. The van der Waals surface area contributed by atoms with Gasteiger partial charge in [-0.3, -0.25) is 14.4 Å². The Morgan fingerprint density at radius 1 is 1.03 bits per heavy atom. The van der Waals surface area contributed by atoms with E-state index in [0.717, 1.165) is 22.9 Å². The fourth-order valence-electron chi connectivity index (χ4n) is 4.64. The van der Waals surface area contributed by atoms with E-state index >= 15 is 0 Å². The number of aromatic amines is 1. The zero-order chi connectivity index (χ0) is 22.7. The molecular weight excluding hydrogens is 402 g/mol. The lowest BCUT2D eigenvalue weighted by Gasteiger charge is -2.34. The number of ketones is 1. The van der Waals surface area contributed by atoms with E-state index in [1.807, 2.05) is 73.3 Å². The number of hydrogen-bond acceptors (Lipinski definition) is 3. The summed E-state index contributed by atoms with van der Waals surface area (Å²) in [7, 11) is 0. The lowest BCUT2D eigenvalue weighted by Crippen LogP contribution is -2.49. The number of para-hydroxylation sites is 1. The molecule has 0 bridgehead atoms. The van der Waals surface area contributed by atoms with Crippen molar-refractivity contribution in [2.45, 2.75) is 45.1 Å². The van der Waals surface area contributed by atoms with E-state index in [0.29, 0.717) is 37.2 Å². The van der Waals surface area contributed by atoms with Crippen LogP contribution in [0.5, 0.6) is 0 Å². The summed E-state index contributed by atoms with van der Waals surface area (Å²) >= 11 is 0. The van der Waals surface area contributed by atoms with Gasteiger partial charge in [0.05, 0.1) is 11.5 Å². The molecule has 166 valence electrons. The lowest BCUT2D eigenvalue weighted by molar-refractivity contribution is -0.134. The highest BCUT2D eigenvalue weighted by atomic mass is 16.2. The van der Waals surface area contributed by atoms with Crippen LogP contribution in [0, 0.1) is 6.92 Å². The van der Waals surface area contributed by atoms with Crippen molar-refractivity contribution in [1.82, 2.24) is 15.2 Å². The summed E-state index contributed by atoms with van der Waals surface area (Å²) in [6.45, 7) is 4.99. The molecule has 1 aliphatic rings. The number of carbonyl (C=O) groups excluding carboxylic acids is 3. The van der Waals surface area contributed by atoms with E-state index in [2.05, 4.69) is 10.3 Å². The third-order valence-corrected chi connectivity index (χ3v) is 6.38. The standard InChI is InChI=1S/C26H29N3O3/c1-3-20(18-9-5-4-6-10-18)26(32)29-15-13-19(14-16-29)28-25(31)24(30)23-17(2)27-22-12-8-7-11-21(22)23/h4-12,19-20,27H,3,13-16H2,1-2H3,(H,28,31). The molecule has 2 heterocycles. The first-order chi connectivity index (χ1) is 15.5. The molecule has 0 saturated carbocycles. The molecule has 1 fully saturated rings. The lowest BCUT2D eigenvalue weighted by atomic mass is 9.93. The van der Waals surface area contributed by atoms with Gasteiger partial charge in [-0.05, 0) is 37.8 Å². The molecule has 3 aromatic rings. The van der Waals surface area contributed by atoms with Crippen molar-refractivity contribution < 1.29 is 14.4 Å². The first-order valence-corrected chi connectivity index (χ1v) is 11.3. The third kappa shape index (κ3) is 4.31. The first kappa shape index (κ1) is 21.8. The molecule has 6 heteroatoms. The second-order valence-electron chi connectivity index (χ2n) is 8.44. The number of piperidine rings is 1. The van der Waals surface area contributed by atoms with Crippen molar-refractivity contribution in [3.8, 4) is 0 Å². The Hall–Kier alpha value is -3.41. The number of fused-ring (bicyclic) bond motifs is 1. The second kappa shape index (κ2) is 9.39. The van der Waals surface area contributed by atoms with Crippen LogP contribution in [0.25, 0.3) is 10.9 Å². The van der Waals surface area contributed by atoms with Gasteiger partial charge < -0.3 is 15.2 Å². The predicted molar refractivity (Wildman–Crippen MR) is 125 cm³/mol. The van der Waals surface area contributed by atoms with E-state index in [1.54, 1.807) is 0 Å². The first-order valence-electron chi connectivity index (χ1n) is 11.3. The quantitative estimate of drug-likeness (QED) is 0.458. The Bertz CT molecular complexity index is 1130. The van der Waals surface area contributed by atoms with Crippen molar-refractivity contribution in [1.29, 1.82) is 0 Å². The van der Waals surface area contributed by atoms with Crippen LogP contribution < -0.4 is 5.32 Å². The molecule has 2 N–H and O–H groups in total. The fourth-order valence-corrected chi connectivity index (χ4v) is 4.64.